The molecule has 1 fully saturated rings. The van der Waals surface area contributed by atoms with Crippen molar-refractivity contribution in [1.29, 1.82) is 0 Å². The maximum Gasteiger partial charge on any atom is 0.0674 e. The highest BCUT2D eigenvalue weighted by molar-refractivity contribution is 4.77. The van der Waals surface area contributed by atoms with Crippen LogP contribution in [0, 0.1) is 0 Å². The Balaban J connectivity index is 2.21. The van der Waals surface area contributed by atoms with Gasteiger partial charge in [-0.15, -0.1) is 0 Å². The minimum absolute atomic E-state index is 0.148. The molecule has 16 heavy (non-hydrogen) atoms. The number of unbranched alkanes of at least 4 members (excludes halogenated alkanes) is 1. The zero-order valence-electron chi connectivity index (χ0n) is 11.0. The second-order valence-corrected chi connectivity index (χ2v) is 5.05. The molecule has 3 unspecified atom stereocenters. The van der Waals surface area contributed by atoms with Crippen LogP contribution in [0.3, 0.4) is 0 Å². The van der Waals surface area contributed by atoms with Crippen molar-refractivity contribution in [2.45, 2.75) is 64.7 Å². The third kappa shape index (κ3) is 4.81. The fourth-order valence-corrected chi connectivity index (χ4v) is 2.32. The topological polar surface area (TPSA) is 32.7 Å². The fourth-order valence-electron chi connectivity index (χ4n) is 2.32. The Morgan fingerprint density at radius 1 is 1.44 bits per heavy atom. The highest BCUT2D eigenvalue weighted by Gasteiger charge is 2.24. The molecule has 1 N–H and O–H groups in total. The standard InChI is InChI=1S/C13H27NO2/c1-4-13-10-16-12(3)9-14(13)8-6-5-7-11(2)15/h11-13,15H,4-10H2,1-3H3. The van der Waals surface area contributed by atoms with Crippen molar-refractivity contribution < 1.29 is 9.84 Å². The van der Waals surface area contributed by atoms with E-state index in [9.17, 15) is 5.11 Å². The van der Waals surface area contributed by atoms with Gasteiger partial charge >= 0.3 is 0 Å². The summed E-state index contributed by atoms with van der Waals surface area (Å²) in [6.07, 6.45) is 4.64. The highest BCUT2D eigenvalue weighted by atomic mass is 16.5. The molecule has 0 saturated carbocycles. The Bertz CT molecular complexity index is 185. The van der Waals surface area contributed by atoms with Gasteiger partial charge < -0.3 is 9.84 Å². The molecule has 3 nitrogen and oxygen atoms in total. The summed E-state index contributed by atoms with van der Waals surface area (Å²) in [5.74, 6) is 0. The van der Waals surface area contributed by atoms with Crippen LogP contribution in [0.15, 0.2) is 0 Å². The normalized spacial score (nSPS) is 29.2. The maximum atomic E-state index is 9.20. The predicted molar refractivity (Wildman–Crippen MR) is 66.6 cm³/mol. The molecule has 3 heteroatoms. The molecule has 1 saturated heterocycles. The van der Waals surface area contributed by atoms with Gasteiger partial charge in [0, 0.05) is 12.6 Å². The molecule has 1 aliphatic heterocycles. The van der Waals surface area contributed by atoms with Crippen LogP contribution in [0.4, 0.5) is 0 Å². The van der Waals surface area contributed by atoms with Crippen LogP contribution in [0.1, 0.15) is 46.5 Å². The summed E-state index contributed by atoms with van der Waals surface area (Å²) < 4.78 is 5.67. The first-order chi connectivity index (χ1) is 7.63. The molecule has 0 aromatic carbocycles. The molecular weight excluding hydrogens is 202 g/mol. The number of aliphatic hydroxyl groups is 1. The van der Waals surface area contributed by atoms with Crippen molar-refractivity contribution in [3.05, 3.63) is 0 Å². The van der Waals surface area contributed by atoms with Crippen LogP contribution in [0.25, 0.3) is 0 Å². The van der Waals surface area contributed by atoms with Gasteiger partial charge in [0.15, 0.2) is 0 Å². The maximum absolute atomic E-state index is 9.20. The quantitative estimate of drug-likeness (QED) is 0.707. The fraction of sp³-hybridized carbons (Fsp3) is 1.00. The van der Waals surface area contributed by atoms with Gasteiger partial charge in [-0.1, -0.05) is 6.92 Å². The van der Waals surface area contributed by atoms with Crippen molar-refractivity contribution in [3.8, 4) is 0 Å². The van der Waals surface area contributed by atoms with E-state index in [1.807, 2.05) is 6.92 Å². The molecule has 0 radical (unpaired) electrons. The average molecular weight is 229 g/mol. The molecule has 0 aliphatic carbocycles. The Morgan fingerprint density at radius 3 is 2.81 bits per heavy atom. The number of ether oxygens (including phenoxy) is 1. The van der Waals surface area contributed by atoms with Crippen molar-refractivity contribution in [3.63, 3.8) is 0 Å². The zero-order valence-corrected chi connectivity index (χ0v) is 11.0. The molecule has 0 bridgehead atoms. The number of aliphatic hydroxyl groups excluding tert-OH is 1. The Kier molecular flexibility index (Phi) is 6.32. The lowest BCUT2D eigenvalue weighted by atomic mass is 10.1. The largest absolute Gasteiger partial charge is 0.393 e. The number of hydrogen-bond donors (Lipinski definition) is 1. The van der Waals surface area contributed by atoms with E-state index in [1.165, 1.54) is 12.8 Å². The summed E-state index contributed by atoms with van der Waals surface area (Å²) in [5.41, 5.74) is 0. The Morgan fingerprint density at radius 2 is 2.19 bits per heavy atom. The summed E-state index contributed by atoms with van der Waals surface area (Å²) in [7, 11) is 0. The lowest BCUT2D eigenvalue weighted by Gasteiger charge is -2.38. The third-order valence-corrected chi connectivity index (χ3v) is 3.37. The molecule has 0 aromatic heterocycles. The minimum atomic E-state index is -0.148. The van der Waals surface area contributed by atoms with Crippen molar-refractivity contribution in [1.82, 2.24) is 4.90 Å². The lowest BCUT2D eigenvalue weighted by Crippen LogP contribution is -2.48. The molecule has 0 spiro atoms. The van der Waals surface area contributed by atoms with Crippen LogP contribution >= 0.6 is 0 Å². The zero-order chi connectivity index (χ0) is 12.0. The van der Waals surface area contributed by atoms with E-state index in [1.54, 1.807) is 0 Å². The minimum Gasteiger partial charge on any atom is -0.393 e. The van der Waals surface area contributed by atoms with Gasteiger partial charge in [0.25, 0.3) is 0 Å². The number of rotatable bonds is 6. The number of nitrogens with zero attached hydrogens (tertiary/aromatic N) is 1. The van der Waals surface area contributed by atoms with E-state index in [2.05, 4.69) is 18.7 Å². The van der Waals surface area contributed by atoms with Crippen LogP contribution in [-0.4, -0.2) is 48.0 Å². The van der Waals surface area contributed by atoms with Gasteiger partial charge in [0.2, 0.25) is 0 Å². The SMILES string of the molecule is CCC1COC(C)CN1CCCCC(C)O. The van der Waals surface area contributed by atoms with E-state index in [4.69, 9.17) is 4.74 Å². The first kappa shape index (κ1) is 13.9. The predicted octanol–water partition coefficient (Wildman–Crippen LogP) is 2.04. The van der Waals surface area contributed by atoms with Crippen molar-refractivity contribution >= 4 is 0 Å². The molecule has 3 atom stereocenters. The van der Waals surface area contributed by atoms with Gasteiger partial charge in [-0.25, -0.2) is 0 Å². The Labute approximate surface area is 99.8 Å². The molecular formula is C13H27NO2. The Hall–Kier alpha value is -0.120. The van der Waals surface area contributed by atoms with Crippen molar-refractivity contribution in [2.75, 3.05) is 19.7 Å². The first-order valence-corrected chi connectivity index (χ1v) is 6.67. The van der Waals surface area contributed by atoms with Gasteiger partial charge in [-0.3, -0.25) is 4.90 Å². The summed E-state index contributed by atoms with van der Waals surface area (Å²) in [6.45, 7) is 9.34. The highest BCUT2D eigenvalue weighted by Crippen LogP contribution is 2.15. The van der Waals surface area contributed by atoms with Crippen LogP contribution in [-0.2, 0) is 4.74 Å². The average Bonchev–Trinajstić information content (AvgIpc) is 2.24. The molecule has 0 aromatic rings. The summed E-state index contributed by atoms with van der Waals surface area (Å²) in [4.78, 5) is 2.55. The van der Waals surface area contributed by atoms with E-state index >= 15 is 0 Å². The number of morpholine rings is 1. The van der Waals surface area contributed by atoms with E-state index in [-0.39, 0.29) is 6.10 Å². The second kappa shape index (κ2) is 7.25. The van der Waals surface area contributed by atoms with Gasteiger partial charge in [-0.05, 0) is 46.1 Å². The lowest BCUT2D eigenvalue weighted by molar-refractivity contribution is -0.0562. The van der Waals surface area contributed by atoms with Crippen LogP contribution in [0.5, 0.6) is 0 Å². The summed E-state index contributed by atoms with van der Waals surface area (Å²) in [5, 5.41) is 9.20. The van der Waals surface area contributed by atoms with E-state index in [0.717, 1.165) is 32.5 Å². The number of hydrogen-bond acceptors (Lipinski definition) is 3. The molecule has 1 aliphatic rings. The molecule has 1 rings (SSSR count). The monoisotopic (exact) mass is 229 g/mol. The first-order valence-electron chi connectivity index (χ1n) is 6.67. The van der Waals surface area contributed by atoms with Gasteiger partial charge in [-0.2, -0.15) is 0 Å². The summed E-state index contributed by atoms with van der Waals surface area (Å²) >= 11 is 0. The summed E-state index contributed by atoms with van der Waals surface area (Å²) in [6, 6.07) is 0.600. The second-order valence-electron chi connectivity index (χ2n) is 5.05. The van der Waals surface area contributed by atoms with Gasteiger partial charge in [0.1, 0.15) is 0 Å². The molecule has 0 amide bonds. The molecule has 1 heterocycles. The van der Waals surface area contributed by atoms with E-state index < -0.39 is 0 Å². The van der Waals surface area contributed by atoms with E-state index in [0.29, 0.717) is 12.1 Å². The van der Waals surface area contributed by atoms with Gasteiger partial charge in [0.05, 0.1) is 18.8 Å². The van der Waals surface area contributed by atoms with Crippen LogP contribution < -0.4 is 0 Å². The van der Waals surface area contributed by atoms with Crippen LogP contribution in [0.2, 0.25) is 0 Å². The third-order valence-electron chi connectivity index (χ3n) is 3.37. The molecule has 96 valence electrons. The smallest absolute Gasteiger partial charge is 0.0674 e. The van der Waals surface area contributed by atoms with Crippen molar-refractivity contribution in [2.24, 2.45) is 0 Å².